The van der Waals surface area contributed by atoms with Gasteiger partial charge in [-0.3, -0.25) is 4.79 Å². The van der Waals surface area contributed by atoms with E-state index >= 15 is 0 Å². The van der Waals surface area contributed by atoms with E-state index in [0.29, 0.717) is 0 Å². The Morgan fingerprint density at radius 2 is 1.40 bits per heavy atom. The third-order valence-electron chi connectivity index (χ3n) is 1.05. The standard InChI is InChI=1S/C2H16O7Si6/c1-2(3)4-11-6-13-8-15-9-14-7-12-5-10/h11-15H2,1,10H3. The maximum atomic E-state index is 10.4. The van der Waals surface area contributed by atoms with Gasteiger partial charge in [0.2, 0.25) is 0 Å². The number of hydrogen-bond donors (Lipinski definition) is 0. The zero-order valence-electron chi connectivity index (χ0n) is 8.89. The summed E-state index contributed by atoms with van der Waals surface area (Å²) < 4.78 is 30.4. The van der Waals surface area contributed by atoms with E-state index in [0.717, 1.165) is 10.5 Å². The molecule has 0 heterocycles. The highest BCUT2D eigenvalue weighted by atomic mass is 28.4. The maximum absolute atomic E-state index is 10.4. The molecule has 0 saturated carbocycles. The van der Waals surface area contributed by atoms with E-state index in [2.05, 4.69) is 4.43 Å². The van der Waals surface area contributed by atoms with Crippen molar-refractivity contribution in [2.24, 2.45) is 0 Å². The molecule has 0 aromatic rings. The van der Waals surface area contributed by atoms with Gasteiger partial charge in [-0.05, 0) is 0 Å². The number of carbonyl (C=O) groups is 1. The van der Waals surface area contributed by atoms with E-state index in [1.807, 2.05) is 0 Å². The van der Waals surface area contributed by atoms with Crippen molar-refractivity contribution in [3.8, 4) is 0 Å². The molecule has 0 bridgehead atoms. The van der Waals surface area contributed by atoms with E-state index in [-0.39, 0.29) is 5.97 Å². The summed E-state index contributed by atoms with van der Waals surface area (Å²) >= 11 is 0. The molecule has 0 aromatic heterocycles. The summed E-state index contributed by atoms with van der Waals surface area (Å²) in [5.74, 6) is -0.293. The predicted octanol–water partition coefficient (Wildman–Crippen LogP) is -6.09. The third-order valence-corrected chi connectivity index (χ3v) is 7.85. The summed E-state index contributed by atoms with van der Waals surface area (Å²) in [6.45, 7) is 1.36. The first-order valence-electron chi connectivity index (χ1n) is 4.20. The Bertz CT molecular complexity index is 156. The van der Waals surface area contributed by atoms with Crippen molar-refractivity contribution in [1.29, 1.82) is 0 Å². The summed E-state index contributed by atoms with van der Waals surface area (Å²) in [4.78, 5) is 10.4. The van der Waals surface area contributed by atoms with E-state index in [1.165, 1.54) is 6.92 Å². The molecule has 0 unspecified atom stereocenters. The first kappa shape index (κ1) is 15.6. The molecule has 0 aliphatic carbocycles. The van der Waals surface area contributed by atoms with E-state index in [1.54, 1.807) is 0 Å². The van der Waals surface area contributed by atoms with Crippen molar-refractivity contribution in [3.05, 3.63) is 0 Å². The normalized spacial score (nSPS) is 14.5. The SMILES string of the molecule is CC(=O)O[SiH2]O[SiH2]O[SiH2]O[SiH2]O[SiH2]O[SiH3]. The molecule has 0 aliphatic rings. The Labute approximate surface area is 103 Å². The molecule has 0 saturated heterocycles. The summed E-state index contributed by atoms with van der Waals surface area (Å²) in [6, 6.07) is 0. The Morgan fingerprint density at radius 3 is 1.87 bits per heavy atom. The second-order valence-electron chi connectivity index (χ2n) is 2.33. The van der Waals surface area contributed by atoms with Crippen LogP contribution in [0.5, 0.6) is 0 Å². The fourth-order valence-electron chi connectivity index (χ4n) is 0.521. The van der Waals surface area contributed by atoms with Crippen LogP contribution in [0.3, 0.4) is 0 Å². The van der Waals surface area contributed by atoms with Crippen molar-refractivity contribution in [2.45, 2.75) is 6.92 Å². The number of carbonyl (C=O) groups excluding carboxylic acids is 1. The lowest BCUT2D eigenvalue weighted by molar-refractivity contribution is -0.132. The summed E-state index contributed by atoms with van der Waals surface area (Å²) in [5.41, 5.74) is 0. The molecule has 0 N–H and O–H groups in total. The topological polar surface area (TPSA) is 72.5 Å². The van der Waals surface area contributed by atoms with Crippen LogP contribution >= 0.6 is 0 Å². The molecule has 0 rings (SSSR count). The van der Waals surface area contributed by atoms with Crippen LogP contribution in [0.25, 0.3) is 0 Å². The minimum absolute atomic E-state index is 0.293. The Kier molecular flexibility index (Phi) is 13.1. The average molecular weight is 321 g/mol. The monoisotopic (exact) mass is 320 g/mol. The molecule has 0 atom stereocenters. The molecule has 0 aromatic carbocycles. The first-order chi connectivity index (χ1) is 7.27. The van der Waals surface area contributed by atoms with Crippen LogP contribution in [-0.2, 0) is 29.8 Å². The summed E-state index contributed by atoms with van der Waals surface area (Å²) in [6.07, 6.45) is 0. The molecule has 0 amide bonds. The second-order valence-corrected chi connectivity index (χ2v) is 12.6. The van der Waals surface area contributed by atoms with Crippen molar-refractivity contribution in [3.63, 3.8) is 0 Å². The van der Waals surface area contributed by atoms with Gasteiger partial charge in [0.15, 0.2) is 0 Å². The minimum Gasteiger partial charge on any atom is -0.500 e. The van der Waals surface area contributed by atoms with Crippen LogP contribution in [0.15, 0.2) is 0 Å². The van der Waals surface area contributed by atoms with Crippen LogP contribution in [0, 0.1) is 0 Å². The van der Waals surface area contributed by atoms with E-state index < -0.39 is 50.0 Å². The third kappa shape index (κ3) is 14.6. The molecule has 0 fully saturated rings. The van der Waals surface area contributed by atoms with Gasteiger partial charge >= 0.3 is 10.0 Å². The smallest absolute Gasteiger partial charge is 0.360 e. The maximum Gasteiger partial charge on any atom is 0.360 e. The van der Waals surface area contributed by atoms with Crippen molar-refractivity contribution in [1.82, 2.24) is 0 Å². The lowest BCUT2D eigenvalue weighted by atomic mass is 10.9. The lowest BCUT2D eigenvalue weighted by Crippen LogP contribution is -2.19. The fraction of sp³-hybridized carbons (Fsp3) is 0.500. The quantitative estimate of drug-likeness (QED) is 0.293. The highest BCUT2D eigenvalue weighted by Crippen LogP contribution is 1.77. The zero-order chi connectivity index (χ0) is 11.4. The van der Waals surface area contributed by atoms with Gasteiger partial charge < -0.3 is 25.0 Å². The Hall–Kier alpha value is 0.571. The van der Waals surface area contributed by atoms with Gasteiger partial charge in [0.25, 0.3) is 46.0 Å². The van der Waals surface area contributed by atoms with Crippen LogP contribution in [-0.4, -0.2) is 66.5 Å². The highest BCUT2D eigenvalue weighted by Gasteiger charge is 1.95. The van der Waals surface area contributed by atoms with Gasteiger partial charge in [-0.1, -0.05) is 0 Å². The van der Waals surface area contributed by atoms with Gasteiger partial charge in [0, 0.05) is 6.92 Å². The van der Waals surface area contributed by atoms with Gasteiger partial charge in [-0.2, -0.15) is 0 Å². The summed E-state index contributed by atoms with van der Waals surface area (Å²) in [5, 5.41) is 0. The van der Waals surface area contributed by atoms with Gasteiger partial charge in [-0.25, -0.2) is 0 Å². The number of hydrogen-bond acceptors (Lipinski definition) is 7. The van der Waals surface area contributed by atoms with Crippen molar-refractivity contribution in [2.75, 3.05) is 0 Å². The Balaban J connectivity index is 2.89. The molecule has 90 valence electrons. The van der Waals surface area contributed by atoms with Crippen LogP contribution < -0.4 is 0 Å². The van der Waals surface area contributed by atoms with Gasteiger partial charge in [0.1, 0.15) is 10.5 Å². The average Bonchev–Trinajstić information content (AvgIpc) is 2.20. The molecular weight excluding hydrogens is 305 g/mol. The summed E-state index contributed by atoms with van der Waals surface area (Å²) in [7, 11) is -3.95. The molecular formula is C2H16O7Si6. The van der Waals surface area contributed by atoms with Gasteiger partial charge in [0.05, 0.1) is 0 Å². The Morgan fingerprint density at radius 1 is 0.933 bits per heavy atom. The molecule has 0 aliphatic heterocycles. The van der Waals surface area contributed by atoms with E-state index in [4.69, 9.17) is 20.6 Å². The minimum atomic E-state index is -1.16. The van der Waals surface area contributed by atoms with Crippen molar-refractivity contribution >= 4 is 66.5 Å². The first-order valence-corrected chi connectivity index (χ1v) is 10.8. The molecule has 0 radical (unpaired) electrons. The van der Waals surface area contributed by atoms with Crippen LogP contribution in [0.2, 0.25) is 0 Å². The van der Waals surface area contributed by atoms with E-state index in [9.17, 15) is 4.79 Å². The lowest BCUT2D eigenvalue weighted by Gasteiger charge is -2.06. The predicted molar refractivity (Wildman–Crippen MR) is 69.9 cm³/mol. The van der Waals surface area contributed by atoms with Crippen LogP contribution in [0.4, 0.5) is 0 Å². The molecule has 7 nitrogen and oxygen atoms in total. The van der Waals surface area contributed by atoms with Gasteiger partial charge in [-0.15, -0.1) is 0 Å². The fourth-order valence-corrected chi connectivity index (χ4v) is 8.87. The molecule has 15 heavy (non-hydrogen) atoms. The second kappa shape index (κ2) is 12.6. The largest absolute Gasteiger partial charge is 0.500 e. The number of rotatable bonds is 10. The zero-order valence-corrected chi connectivity index (χ0v) is 18.0. The molecule has 13 heteroatoms. The van der Waals surface area contributed by atoms with Crippen LogP contribution in [0.1, 0.15) is 6.92 Å². The molecule has 0 spiro atoms. The highest BCUT2D eigenvalue weighted by molar-refractivity contribution is 6.47. The van der Waals surface area contributed by atoms with Crippen molar-refractivity contribution < 1.29 is 29.8 Å².